The Bertz CT molecular complexity index is 656. The van der Waals surface area contributed by atoms with Gasteiger partial charge in [0.2, 0.25) is 5.82 Å². The lowest BCUT2D eigenvalue weighted by Gasteiger charge is -2.35. The van der Waals surface area contributed by atoms with E-state index in [9.17, 15) is 4.79 Å². The molecule has 2 aromatic rings. The van der Waals surface area contributed by atoms with Crippen LogP contribution in [0.4, 0.5) is 9.93 Å². The number of nitrogens with one attached hydrogen (secondary N) is 1. The third-order valence-electron chi connectivity index (χ3n) is 3.26. The molecule has 0 bridgehead atoms. The summed E-state index contributed by atoms with van der Waals surface area (Å²) in [6, 6.07) is 0. The fraction of sp³-hybridized carbons (Fsp3) is 0.615. The minimum Gasteiger partial charge on any atom is -0.444 e. The van der Waals surface area contributed by atoms with Crippen molar-refractivity contribution in [2.24, 2.45) is 0 Å². The average Bonchev–Trinajstić information content (AvgIpc) is 3.17. The molecule has 1 N–H and O–H groups in total. The Kier molecular flexibility index (Phi) is 4.16. The van der Waals surface area contributed by atoms with Gasteiger partial charge in [0, 0.05) is 26.2 Å². The number of aromatic nitrogens is 5. The van der Waals surface area contributed by atoms with Gasteiger partial charge in [-0.15, -0.1) is 10.2 Å². The summed E-state index contributed by atoms with van der Waals surface area (Å²) in [5.41, 5.74) is -0.469. The molecule has 1 aliphatic heterocycles. The van der Waals surface area contributed by atoms with E-state index in [4.69, 9.17) is 4.74 Å². The van der Waals surface area contributed by atoms with Crippen LogP contribution in [-0.2, 0) is 4.74 Å². The predicted molar refractivity (Wildman–Crippen MR) is 85.3 cm³/mol. The van der Waals surface area contributed by atoms with Gasteiger partial charge in [-0.25, -0.2) is 9.78 Å². The maximum atomic E-state index is 12.1. The number of rotatable bonds is 2. The number of nitrogens with zero attached hydrogens (tertiary/aromatic N) is 6. The number of tetrazole rings is 1. The molecule has 1 amide bonds. The second-order valence-electron chi connectivity index (χ2n) is 6.20. The number of hydrogen-bond acceptors (Lipinski definition) is 8. The van der Waals surface area contributed by atoms with Crippen LogP contribution in [0.1, 0.15) is 20.8 Å². The van der Waals surface area contributed by atoms with Crippen LogP contribution in [0.3, 0.4) is 0 Å². The summed E-state index contributed by atoms with van der Waals surface area (Å²) in [6.07, 6.45) is 1.48. The zero-order valence-corrected chi connectivity index (χ0v) is 14.1. The molecule has 0 atom stereocenters. The molecule has 0 saturated carbocycles. The summed E-state index contributed by atoms with van der Waals surface area (Å²) in [5.74, 6) is 0.543. The zero-order valence-electron chi connectivity index (χ0n) is 13.3. The Labute approximate surface area is 137 Å². The number of thiazole rings is 1. The molecule has 23 heavy (non-hydrogen) atoms. The Balaban J connectivity index is 1.58. The molecule has 3 rings (SSSR count). The fourth-order valence-electron chi connectivity index (χ4n) is 2.19. The van der Waals surface area contributed by atoms with Gasteiger partial charge in [-0.05, 0) is 26.0 Å². The number of ether oxygens (including phenoxy) is 1. The quantitative estimate of drug-likeness (QED) is 0.883. The van der Waals surface area contributed by atoms with E-state index in [0.717, 1.165) is 23.1 Å². The van der Waals surface area contributed by atoms with E-state index in [1.54, 1.807) is 11.1 Å². The van der Waals surface area contributed by atoms with E-state index >= 15 is 0 Å². The molecular formula is C13H19N7O2S. The fourth-order valence-corrected chi connectivity index (χ4v) is 3.08. The number of amides is 1. The molecule has 124 valence electrons. The van der Waals surface area contributed by atoms with Crippen molar-refractivity contribution in [3.63, 3.8) is 0 Å². The maximum absolute atomic E-state index is 12.1. The monoisotopic (exact) mass is 337 g/mol. The number of carbonyl (C=O) groups excluding carboxylic acids is 1. The lowest BCUT2D eigenvalue weighted by molar-refractivity contribution is 0.0240. The lowest BCUT2D eigenvalue weighted by atomic mass is 10.2. The number of carbonyl (C=O) groups is 1. The summed E-state index contributed by atoms with van der Waals surface area (Å²) in [5, 5.41) is 14.8. The minimum atomic E-state index is -0.469. The van der Waals surface area contributed by atoms with E-state index < -0.39 is 5.60 Å². The molecule has 0 aromatic carbocycles. The Morgan fingerprint density at radius 3 is 2.65 bits per heavy atom. The maximum Gasteiger partial charge on any atom is 0.410 e. The van der Waals surface area contributed by atoms with Gasteiger partial charge in [-0.3, -0.25) is 0 Å². The third-order valence-corrected chi connectivity index (χ3v) is 4.32. The second kappa shape index (κ2) is 6.11. The molecule has 1 aliphatic rings. The number of hydrogen-bond donors (Lipinski definition) is 1. The minimum absolute atomic E-state index is 0.260. The molecule has 0 radical (unpaired) electrons. The van der Waals surface area contributed by atoms with Crippen molar-refractivity contribution < 1.29 is 9.53 Å². The van der Waals surface area contributed by atoms with Crippen molar-refractivity contribution in [1.82, 2.24) is 30.5 Å². The number of piperazine rings is 1. The van der Waals surface area contributed by atoms with Gasteiger partial charge in [0.25, 0.3) is 0 Å². The molecule has 3 heterocycles. The highest BCUT2D eigenvalue weighted by Crippen LogP contribution is 2.29. The molecule has 2 aromatic heterocycles. The first-order valence-corrected chi connectivity index (χ1v) is 8.16. The predicted octanol–water partition coefficient (Wildman–Crippen LogP) is 1.38. The van der Waals surface area contributed by atoms with Gasteiger partial charge >= 0.3 is 6.09 Å². The van der Waals surface area contributed by atoms with E-state index in [2.05, 4.69) is 30.5 Å². The average molecular weight is 337 g/mol. The highest BCUT2D eigenvalue weighted by atomic mass is 32.1. The van der Waals surface area contributed by atoms with E-state index in [1.807, 2.05) is 20.8 Å². The Hall–Kier alpha value is -2.23. The van der Waals surface area contributed by atoms with Gasteiger partial charge in [0.1, 0.15) is 5.60 Å². The Morgan fingerprint density at radius 2 is 2.04 bits per heavy atom. The largest absolute Gasteiger partial charge is 0.444 e. The molecule has 1 fully saturated rings. The van der Waals surface area contributed by atoms with Crippen molar-refractivity contribution in [3.8, 4) is 10.7 Å². The van der Waals surface area contributed by atoms with Crippen LogP contribution in [-0.4, -0.2) is 68.4 Å². The van der Waals surface area contributed by atoms with Crippen LogP contribution in [0.15, 0.2) is 6.20 Å². The highest BCUT2D eigenvalue weighted by molar-refractivity contribution is 7.18. The summed E-state index contributed by atoms with van der Waals surface area (Å²) in [7, 11) is 0. The third kappa shape index (κ3) is 3.76. The smallest absolute Gasteiger partial charge is 0.410 e. The summed E-state index contributed by atoms with van der Waals surface area (Å²) >= 11 is 1.51. The summed E-state index contributed by atoms with van der Waals surface area (Å²) in [6.45, 7) is 8.29. The van der Waals surface area contributed by atoms with E-state index in [1.165, 1.54) is 11.3 Å². The molecule has 0 aliphatic carbocycles. The van der Waals surface area contributed by atoms with Crippen LogP contribution in [0.25, 0.3) is 10.7 Å². The van der Waals surface area contributed by atoms with Crippen LogP contribution in [0, 0.1) is 0 Å². The van der Waals surface area contributed by atoms with Crippen molar-refractivity contribution in [1.29, 1.82) is 0 Å². The van der Waals surface area contributed by atoms with Crippen LogP contribution in [0.5, 0.6) is 0 Å². The lowest BCUT2D eigenvalue weighted by Crippen LogP contribution is -2.50. The van der Waals surface area contributed by atoms with Crippen LogP contribution in [0.2, 0.25) is 0 Å². The normalized spacial score (nSPS) is 15.8. The highest BCUT2D eigenvalue weighted by Gasteiger charge is 2.27. The molecular weight excluding hydrogens is 318 g/mol. The topological polar surface area (TPSA) is 100 Å². The first-order valence-electron chi connectivity index (χ1n) is 7.35. The van der Waals surface area contributed by atoms with Crippen molar-refractivity contribution in [2.45, 2.75) is 26.4 Å². The van der Waals surface area contributed by atoms with Gasteiger partial charge < -0.3 is 14.5 Å². The van der Waals surface area contributed by atoms with Gasteiger partial charge in [-0.2, -0.15) is 5.21 Å². The molecule has 9 nitrogen and oxygen atoms in total. The number of anilines is 1. The molecule has 0 unspecified atom stereocenters. The van der Waals surface area contributed by atoms with Gasteiger partial charge in [0.05, 0.1) is 11.1 Å². The molecule has 1 saturated heterocycles. The van der Waals surface area contributed by atoms with Crippen LogP contribution < -0.4 is 4.90 Å². The second-order valence-corrected chi connectivity index (χ2v) is 7.21. The number of H-pyrrole nitrogens is 1. The van der Waals surface area contributed by atoms with E-state index in [0.29, 0.717) is 18.9 Å². The molecule has 10 heteroatoms. The van der Waals surface area contributed by atoms with Gasteiger partial charge in [-0.1, -0.05) is 11.3 Å². The number of aromatic amines is 1. The SMILES string of the molecule is CC(C)(C)OC(=O)N1CCN(c2ncc(-c3nn[nH]n3)s2)CC1. The van der Waals surface area contributed by atoms with Gasteiger partial charge in [0.15, 0.2) is 5.13 Å². The van der Waals surface area contributed by atoms with E-state index in [-0.39, 0.29) is 6.09 Å². The first-order chi connectivity index (χ1) is 10.9. The summed E-state index contributed by atoms with van der Waals surface area (Å²) in [4.78, 5) is 21.2. The van der Waals surface area contributed by atoms with Crippen molar-refractivity contribution >= 4 is 22.6 Å². The van der Waals surface area contributed by atoms with Crippen LogP contribution >= 0.6 is 11.3 Å². The first kappa shape index (κ1) is 15.7. The van der Waals surface area contributed by atoms with Crippen molar-refractivity contribution in [2.75, 3.05) is 31.1 Å². The van der Waals surface area contributed by atoms with Crippen molar-refractivity contribution in [3.05, 3.63) is 6.20 Å². The summed E-state index contributed by atoms with van der Waals surface area (Å²) < 4.78 is 5.40. The standard InChI is InChI=1S/C13H19N7O2S/c1-13(2,3)22-12(21)20-6-4-19(5-7-20)11-14-8-9(23-11)10-15-17-18-16-10/h8H,4-7H2,1-3H3,(H,15,16,17,18). The Morgan fingerprint density at radius 1 is 1.30 bits per heavy atom. The zero-order chi connectivity index (χ0) is 16.4. The molecule has 0 spiro atoms.